The molecule has 0 radical (unpaired) electrons. The molecule has 1 fully saturated rings. The number of nitrogens with zero attached hydrogens (tertiary/aromatic N) is 2. The van der Waals surface area contributed by atoms with Crippen LogP contribution in [0.4, 0.5) is 5.95 Å². The number of hydrogen-bond acceptors (Lipinski definition) is 3. The Morgan fingerprint density at radius 3 is 2.20 bits per heavy atom. The first-order valence-corrected chi connectivity index (χ1v) is 7.45. The third-order valence-corrected chi connectivity index (χ3v) is 4.11. The molecule has 0 unspecified atom stereocenters. The molecule has 3 rings (SSSR count). The Hall–Kier alpha value is -1.90. The summed E-state index contributed by atoms with van der Waals surface area (Å²) in [4.78, 5) is 8.89. The molecule has 0 spiro atoms. The van der Waals surface area contributed by atoms with Gasteiger partial charge >= 0.3 is 0 Å². The molecule has 104 valence electrons. The highest BCUT2D eigenvalue weighted by atomic mass is 15.1. The summed E-state index contributed by atoms with van der Waals surface area (Å²) in [6.45, 7) is 2.33. The number of aromatic nitrogens is 2. The fraction of sp³-hybridized carbons (Fsp3) is 0.412. The van der Waals surface area contributed by atoms with Gasteiger partial charge in [0.05, 0.1) is 0 Å². The molecule has 1 aliphatic carbocycles. The Balaban J connectivity index is 1.65. The molecule has 0 amide bonds. The maximum absolute atomic E-state index is 4.45. The lowest BCUT2D eigenvalue weighted by molar-refractivity contribution is 0.360. The van der Waals surface area contributed by atoms with E-state index in [-0.39, 0.29) is 0 Å². The van der Waals surface area contributed by atoms with E-state index in [0.717, 1.165) is 23.0 Å². The molecule has 1 aromatic heterocycles. The lowest BCUT2D eigenvalue weighted by Gasteiger charge is -2.26. The molecule has 1 N–H and O–H groups in total. The highest BCUT2D eigenvalue weighted by Gasteiger charge is 2.18. The van der Waals surface area contributed by atoms with E-state index >= 15 is 0 Å². The monoisotopic (exact) mass is 267 g/mol. The lowest BCUT2D eigenvalue weighted by Crippen LogP contribution is -2.26. The minimum absolute atomic E-state index is 0.536. The second-order valence-electron chi connectivity index (χ2n) is 5.76. The van der Waals surface area contributed by atoms with Crippen LogP contribution in [-0.2, 0) is 0 Å². The van der Waals surface area contributed by atoms with Crippen molar-refractivity contribution in [3.05, 3.63) is 42.7 Å². The Kier molecular flexibility index (Phi) is 3.95. The van der Waals surface area contributed by atoms with Crippen molar-refractivity contribution in [2.45, 2.75) is 38.6 Å². The Labute approximate surface area is 120 Å². The summed E-state index contributed by atoms with van der Waals surface area (Å²) in [6, 6.07) is 10.8. The summed E-state index contributed by atoms with van der Waals surface area (Å²) < 4.78 is 0. The summed E-state index contributed by atoms with van der Waals surface area (Å²) in [6.07, 6.45) is 8.86. The second-order valence-corrected chi connectivity index (χ2v) is 5.76. The first kappa shape index (κ1) is 13.1. The van der Waals surface area contributed by atoms with E-state index in [1.807, 2.05) is 30.6 Å². The minimum Gasteiger partial charge on any atom is -0.351 e. The molecule has 0 aliphatic heterocycles. The van der Waals surface area contributed by atoms with Crippen molar-refractivity contribution in [3.63, 3.8) is 0 Å². The highest BCUT2D eigenvalue weighted by Crippen LogP contribution is 2.25. The van der Waals surface area contributed by atoms with Crippen LogP contribution in [-0.4, -0.2) is 16.0 Å². The maximum Gasteiger partial charge on any atom is 0.222 e. The average molecular weight is 267 g/mol. The molecular formula is C17H21N3. The molecule has 1 heterocycles. The van der Waals surface area contributed by atoms with Gasteiger partial charge < -0.3 is 5.32 Å². The highest BCUT2D eigenvalue weighted by molar-refractivity contribution is 5.61. The number of anilines is 1. The van der Waals surface area contributed by atoms with Gasteiger partial charge in [-0.15, -0.1) is 0 Å². The van der Waals surface area contributed by atoms with E-state index in [2.05, 4.69) is 34.3 Å². The molecular weight excluding hydrogens is 246 g/mol. The van der Waals surface area contributed by atoms with E-state index in [0.29, 0.717) is 6.04 Å². The van der Waals surface area contributed by atoms with Crippen molar-refractivity contribution in [1.82, 2.24) is 9.97 Å². The van der Waals surface area contributed by atoms with Gasteiger partial charge in [0.2, 0.25) is 5.95 Å². The minimum atomic E-state index is 0.536. The predicted molar refractivity (Wildman–Crippen MR) is 82.5 cm³/mol. The lowest BCUT2D eigenvalue weighted by atomic mass is 9.87. The molecule has 0 saturated heterocycles. The van der Waals surface area contributed by atoms with Crippen molar-refractivity contribution >= 4 is 5.95 Å². The van der Waals surface area contributed by atoms with Gasteiger partial charge in [-0.25, -0.2) is 9.97 Å². The van der Waals surface area contributed by atoms with Gasteiger partial charge in [0.25, 0.3) is 0 Å². The standard InChI is InChI=1S/C17H21N3/c1-13-7-9-16(10-8-13)20-17-18-11-15(12-19-17)14-5-3-2-4-6-14/h2-6,11-13,16H,7-10H2,1H3,(H,18,19,20). The van der Waals surface area contributed by atoms with E-state index in [1.165, 1.54) is 25.7 Å². The molecule has 20 heavy (non-hydrogen) atoms. The summed E-state index contributed by atoms with van der Waals surface area (Å²) in [7, 11) is 0. The van der Waals surface area contributed by atoms with Gasteiger partial charge in [-0.05, 0) is 37.2 Å². The third-order valence-electron chi connectivity index (χ3n) is 4.11. The molecule has 1 aliphatic rings. The van der Waals surface area contributed by atoms with Crippen molar-refractivity contribution in [2.24, 2.45) is 5.92 Å². The molecule has 3 heteroatoms. The number of hydrogen-bond donors (Lipinski definition) is 1. The van der Waals surface area contributed by atoms with Gasteiger partial charge in [-0.3, -0.25) is 0 Å². The molecule has 1 saturated carbocycles. The van der Waals surface area contributed by atoms with E-state index in [1.54, 1.807) is 0 Å². The fourth-order valence-electron chi connectivity index (χ4n) is 2.77. The molecule has 2 aromatic rings. The second kappa shape index (κ2) is 6.04. The number of benzene rings is 1. The van der Waals surface area contributed by atoms with E-state index in [9.17, 15) is 0 Å². The van der Waals surface area contributed by atoms with E-state index in [4.69, 9.17) is 0 Å². The van der Waals surface area contributed by atoms with Gasteiger partial charge in [-0.2, -0.15) is 0 Å². The van der Waals surface area contributed by atoms with Gasteiger partial charge in [0.15, 0.2) is 0 Å². The zero-order valence-electron chi connectivity index (χ0n) is 11.9. The van der Waals surface area contributed by atoms with Crippen LogP contribution in [0.15, 0.2) is 42.7 Å². The normalized spacial score (nSPS) is 22.4. The predicted octanol–water partition coefficient (Wildman–Crippen LogP) is 4.13. The number of nitrogens with one attached hydrogen (secondary N) is 1. The Morgan fingerprint density at radius 2 is 1.55 bits per heavy atom. The first-order valence-electron chi connectivity index (χ1n) is 7.45. The van der Waals surface area contributed by atoms with Gasteiger partial charge in [-0.1, -0.05) is 37.3 Å². The van der Waals surface area contributed by atoms with Crippen LogP contribution < -0.4 is 5.32 Å². The van der Waals surface area contributed by atoms with E-state index < -0.39 is 0 Å². The third kappa shape index (κ3) is 3.16. The molecule has 0 atom stereocenters. The summed E-state index contributed by atoms with van der Waals surface area (Å²) >= 11 is 0. The molecule has 1 aromatic carbocycles. The topological polar surface area (TPSA) is 37.8 Å². The van der Waals surface area contributed by atoms with Crippen LogP contribution in [0.25, 0.3) is 11.1 Å². The summed E-state index contributed by atoms with van der Waals surface area (Å²) in [5.74, 6) is 1.62. The van der Waals surface area contributed by atoms with Crippen LogP contribution in [0.3, 0.4) is 0 Å². The first-order chi connectivity index (χ1) is 9.81. The van der Waals surface area contributed by atoms with Crippen LogP contribution >= 0.6 is 0 Å². The largest absolute Gasteiger partial charge is 0.351 e. The summed E-state index contributed by atoms with van der Waals surface area (Å²) in [5.41, 5.74) is 2.22. The van der Waals surface area contributed by atoms with Crippen LogP contribution in [0.1, 0.15) is 32.6 Å². The van der Waals surface area contributed by atoms with Crippen molar-refractivity contribution in [3.8, 4) is 11.1 Å². The SMILES string of the molecule is CC1CCC(Nc2ncc(-c3ccccc3)cn2)CC1. The molecule has 3 nitrogen and oxygen atoms in total. The van der Waals surface area contributed by atoms with Crippen LogP contribution in [0.5, 0.6) is 0 Å². The quantitative estimate of drug-likeness (QED) is 0.908. The van der Waals surface area contributed by atoms with Crippen LogP contribution in [0.2, 0.25) is 0 Å². The van der Waals surface area contributed by atoms with Gasteiger partial charge in [0, 0.05) is 24.0 Å². The summed E-state index contributed by atoms with van der Waals surface area (Å²) in [5, 5.41) is 3.46. The number of rotatable bonds is 3. The van der Waals surface area contributed by atoms with Crippen LogP contribution in [0, 0.1) is 5.92 Å². The van der Waals surface area contributed by atoms with Crippen molar-refractivity contribution < 1.29 is 0 Å². The average Bonchev–Trinajstić information content (AvgIpc) is 2.51. The maximum atomic E-state index is 4.45. The zero-order valence-corrected chi connectivity index (χ0v) is 11.9. The van der Waals surface area contributed by atoms with Crippen molar-refractivity contribution in [2.75, 3.05) is 5.32 Å². The smallest absolute Gasteiger partial charge is 0.222 e. The fourth-order valence-corrected chi connectivity index (χ4v) is 2.77. The van der Waals surface area contributed by atoms with Crippen molar-refractivity contribution in [1.29, 1.82) is 0 Å². The van der Waals surface area contributed by atoms with Gasteiger partial charge in [0.1, 0.15) is 0 Å². The zero-order chi connectivity index (χ0) is 13.8. The molecule has 0 bridgehead atoms. The Morgan fingerprint density at radius 1 is 0.900 bits per heavy atom. The Bertz CT molecular complexity index is 528.